The molecule has 1 aliphatic rings. The molecule has 27 heavy (non-hydrogen) atoms. The number of aromatic nitrogens is 1. The lowest BCUT2D eigenvalue weighted by Gasteiger charge is -2.18. The van der Waals surface area contributed by atoms with Gasteiger partial charge >= 0.3 is 0 Å². The SMILES string of the molecule is CN=c1scc(-c2ccc3c(c2)NC(=O)CO3)n1N=Cc1cccc(Br)c1. The Morgan fingerprint density at radius 1 is 1.30 bits per heavy atom. The zero-order chi connectivity index (χ0) is 18.8. The second-order valence-corrected chi connectivity index (χ2v) is 7.54. The van der Waals surface area contributed by atoms with E-state index in [0.717, 1.165) is 26.1 Å². The number of thiazole rings is 1. The lowest BCUT2D eigenvalue weighted by Crippen LogP contribution is -2.25. The van der Waals surface area contributed by atoms with Gasteiger partial charge in [0.1, 0.15) is 5.75 Å². The predicted octanol–water partition coefficient (Wildman–Crippen LogP) is 3.72. The summed E-state index contributed by atoms with van der Waals surface area (Å²) in [5.41, 5.74) is 3.43. The molecule has 0 fully saturated rings. The van der Waals surface area contributed by atoms with Crippen LogP contribution in [0.3, 0.4) is 0 Å². The molecule has 136 valence electrons. The molecular formula is C19H15BrN4O2S. The number of nitrogens with one attached hydrogen (secondary N) is 1. The van der Waals surface area contributed by atoms with Crippen molar-refractivity contribution in [3.8, 4) is 17.0 Å². The molecule has 4 rings (SSSR count). The Morgan fingerprint density at radius 3 is 3.00 bits per heavy atom. The van der Waals surface area contributed by atoms with Crippen LogP contribution in [0.15, 0.2) is 62.4 Å². The van der Waals surface area contributed by atoms with E-state index in [-0.39, 0.29) is 12.5 Å². The monoisotopic (exact) mass is 442 g/mol. The van der Waals surface area contributed by atoms with Crippen molar-refractivity contribution in [3.63, 3.8) is 0 Å². The van der Waals surface area contributed by atoms with Crippen molar-refractivity contribution in [1.29, 1.82) is 0 Å². The Balaban J connectivity index is 1.76. The number of hydrogen-bond acceptors (Lipinski definition) is 5. The van der Waals surface area contributed by atoms with Crippen LogP contribution >= 0.6 is 27.3 Å². The highest BCUT2D eigenvalue weighted by molar-refractivity contribution is 9.10. The fourth-order valence-electron chi connectivity index (χ4n) is 2.71. The van der Waals surface area contributed by atoms with Crippen molar-refractivity contribution in [3.05, 3.63) is 62.7 Å². The highest BCUT2D eigenvalue weighted by Crippen LogP contribution is 2.32. The summed E-state index contributed by atoms with van der Waals surface area (Å²) in [7, 11) is 1.74. The van der Waals surface area contributed by atoms with E-state index >= 15 is 0 Å². The molecule has 1 amide bonds. The van der Waals surface area contributed by atoms with Gasteiger partial charge in [0.2, 0.25) is 4.80 Å². The Kier molecular flexibility index (Phi) is 4.91. The van der Waals surface area contributed by atoms with Crippen molar-refractivity contribution in [2.45, 2.75) is 0 Å². The average molecular weight is 443 g/mol. The topological polar surface area (TPSA) is 68.0 Å². The van der Waals surface area contributed by atoms with Gasteiger partial charge in [0.15, 0.2) is 6.61 Å². The molecule has 0 saturated heterocycles. The van der Waals surface area contributed by atoms with E-state index in [4.69, 9.17) is 4.74 Å². The van der Waals surface area contributed by atoms with Gasteiger partial charge in [-0.1, -0.05) is 28.1 Å². The Morgan fingerprint density at radius 2 is 2.19 bits per heavy atom. The molecule has 0 unspecified atom stereocenters. The molecule has 0 atom stereocenters. The van der Waals surface area contributed by atoms with Gasteiger partial charge in [-0.3, -0.25) is 9.79 Å². The molecule has 2 aromatic carbocycles. The fraction of sp³-hybridized carbons (Fsp3) is 0.105. The van der Waals surface area contributed by atoms with E-state index in [9.17, 15) is 4.79 Å². The average Bonchev–Trinajstić information content (AvgIpc) is 3.08. The highest BCUT2D eigenvalue weighted by atomic mass is 79.9. The second-order valence-electron chi connectivity index (χ2n) is 5.79. The Hall–Kier alpha value is -2.71. The van der Waals surface area contributed by atoms with Gasteiger partial charge in [-0.2, -0.15) is 5.10 Å². The number of amides is 1. The van der Waals surface area contributed by atoms with Crippen molar-refractivity contribution in [2.75, 3.05) is 19.0 Å². The quantitative estimate of drug-likeness (QED) is 0.627. The zero-order valence-corrected chi connectivity index (χ0v) is 16.8. The lowest BCUT2D eigenvalue weighted by molar-refractivity contribution is -0.118. The number of rotatable bonds is 3. The van der Waals surface area contributed by atoms with Crippen LogP contribution in [0.2, 0.25) is 0 Å². The molecule has 0 spiro atoms. The maximum atomic E-state index is 11.6. The van der Waals surface area contributed by atoms with Crippen molar-refractivity contribution < 1.29 is 9.53 Å². The first-order valence-corrected chi connectivity index (χ1v) is 9.81. The fourth-order valence-corrected chi connectivity index (χ4v) is 3.94. The van der Waals surface area contributed by atoms with Crippen LogP contribution in [0.4, 0.5) is 5.69 Å². The van der Waals surface area contributed by atoms with Gasteiger partial charge in [0.05, 0.1) is 17.6 Å². The number of anilines is 1. The first-order valence-electron chi connectivity index (χ1n) is 8.14. The third-order valence-corrected chi connectivity index (χ3v) is 5.36. The maximum Gasteiger partial charge on any atom is 0.262 e. The molecule has 0 saturated carbocycles. The summed E-state index contributed by atoms with van der Waals surface area (Å²) in [5.74, 6) is 0.507. The van der Waals surface area contributed by atoms with E-state index in [1.54, 1.807) is 17.9 Å². The summed E-state index contributed by atoms with van der Waals surface area (Å²) in [5, 5.41) is 9.45. The normalized spacial score (nSPS) is 14.1. The summed E-state index contributed by atoms with van der Waals surface area (Å²) >= 11 is 4.97. The molecule has 2 heterocycles. The summed E-state index contributed by atoms with van der Waals surface area (Å²) < 4.78 is 8.21. The van der Waals surface area contributed by atoms with E-state index in [1.807, 2.05) is 47.8 Å². The van der Waals surface area contributed by atoms with E-state index in [1.165, 1.54) is 11.3 Å². The molecule has 1 N–H and O–H groups in total. The van der Waals surface area contributed by atoms with Gasteiger partial charge in [-0.25, -0.2) is 4.68 Å². The minimum Gasteiger partial charge on any atom is -0.482 e. The minimum atomic E-state index is -0.158. The molecular weight excluding hydrogens is 428 g/mol. The molecule has 0 bridgehead atoms. The van der Waals surface area contributed by atoms with E-state index < -0.39 is 0 Å². The smallest absolute Gasteiger partial charge is 0.262 e. The molecule has 1 aliphatic heterocycles. The van der Waals surface area contributed by atoms with Gasteiger partial charge < -0.3 is 10.1 Å². The number of fused-ring (bicyclic) bond motifs is 1. The molecule has 0 radical (unpaired) electrons. The van der Waals surface area contributed by atoms with Crippen molar-refractivity contribution >= 4 is 45.1 Å². The number of halogens is 1. The van der Waals surface area contributed by atoms with Crippen molar-refractivity contribution in [1.82, 2.24) is 4.68 Å². The maximum absolute atomic E-state index is 11.6. The number of carbonyl (C=O) groups excluding carboxylic acids is 1. The molecule has 1 aromatic heterocycles. The van der Waals surface area contributed by atoms with E-state index in [0.29, 0.717) is 11.4 Å². The highest BCUT2D eigenvalue weighted by Gasteiger charge is 2.17. The summed E-state index contributed by atoms with van der Waals surface area (Å²) in [6.45, 7) is 0.0423. The molecule has 3 aromatic rings. The van der Waals surface area contributed by atoms with Gasteiger partial charge in [0, 0.05) is 22.5 Å². The summed E-state index contributed by atoms with van der Waals surface area (Å²) in [4.78, 5) is 16.7. The number of benzene rings is 2. The predicted molar refractivity (Wildman–Crippen MR) is 110 cm³/mol. The standard InChI is InChI=1S/C19H15BrN4O2S/c1-21-19-24(22-9-12-3-2-4-14(20)7-12)16(11-27-19)13-5-6-17-15(8-13)23-18(25)10-26-17/h2-9,11H,10H2,1H3,(H,23,25). The first kappa shape index (κ1) is 17.7. The van der Waals surface area contributed by atoms with Crippen LogP contribution in [-0.2, 0) is 4.79 Å². The molecule has 8 heteroatoms. The largest absolute Gasteiger partial charge is 0.482 e. The second kappa shape index (κ2) is 7.50. The van der Waals surface area contributed by atoms with Crippen LogP contribution < -0.4 is 14.9 Å². The number of ether oxygens (including phenoxy) is 1. The van der Waals surface area contributed by atoms with Crippen LogP contribution in [0.1, 0.15) is 5.56 Å². The Bertz CT molecular complexity index is 1120. The number of carbonyl (C=O) groups is 1. The van der Waals surface area contributed by atoms with Gasteiger partial charge in [-0.15, -0.1) is 11.3 Å². The summed E-state index contributed by atoms with van der Waals surface area (Å²) in [6.07, 6.45) is 1.79. The number of nitrogens with zero attached hydrogens (tertiary/aromatic N) is 3. The Labute approximate surface area is 168 Å². The van der Waals surface area contributed by atoms with E-state index in [2.05, 4.69) is 31.3 Å². The van der Waals surface area contributed by atoms with Crippen LogP contribution in [0, 0.1) is 0 Å². The van der Waals surface area contributed by atoms with Gasteiger partial charge in [-0.05, 0) is 35.9 Å². The first-order chi connectivity index (χ1) is 13.1. The van der Waals surface area contributed by atoms with Crippen molar-refractivity contribution in [2.24, 2.45) is 10.1 Å². The van der Waals surface area contributed by atoms with Gasteiger partial charge in [0.25, 0.3) is 5.91 Å². The third-order valence-electron chi connectivity index (χ3n) is 3.96. The molecule has 6 nitrogen and oxygen atoms in total. The third kappa shape index (κ3) is 3.72. The van der Waals surface area contributed by atoms with Crippen LogP contribution in [0.25, 0.3) is 11.3 Å². The van der Waals surface area contributed by atoms with Crippen LogP contribution in [0.5, 0.6) is 5.75 Å². The lowest BCUT2D eigenvalue weighted by atomic mass is 10.1. The van der Waals surface area contributed by atoms with Crippen LogP contribution in [-0.4, -0.2) is 30.5 Å². The molecule has 0 aliphatic carbocycles. The zero-order valence-electron chi connectivity index (χ0n) is 14.3. The minimum absolute atomic E-state index is 0.0423. The number of hydrogen-bond donors (Lipinski definition) is 1. The summed E-state index contributed by atoms with van der Waals surface area (Å²) in [6, 6.07) is 13.6.